The van der Waals surface area contributed by atoms with Gasteiger partial charge in [-0.3, -0.25) is 0 Å². The van der Waals surface area contributed by atoms with Gasteiger partial charge in [-0.05, 0) is 25.0 Å². The van der Waals surface area contributed by atoms with Crippen LogP contribution in [-0.4, -0.2) is 28.0 Å². The molecule has 2 aromatic rings. The lowest BCUT2D eigenvalue weighted by Gasteiger charge is -2.04. The standard InChI is InChI=1S/C13H16N4O/c18-13(16-10-4-5-10)14-7-6-11-9-17-8-2-1-3-12(17)15-11/h1-3,8-10H,4-7H2,(H2,14,16,18). The molecule has 0 saturated heterocycles. The number of rotatable bonds is 4. The van der Waals surface area contributed by atoms with Gasteiger partial charge in [-0.25, -0.2) is 9.78 Å². The van der Waals surface area contributed by atoms with Crippen LogP contribution in [0.1, 0.15) is 18.5 Å². The number of aromatic nitrogens is 2. The molecule has 0 radical (unpaired) electrons. The van der Waals surface area contributed by atoms with E-state index in [1.165, 1.54) is 0 Å². The molecule has 94 valence electrons. The van der Waals surface area contributed by atoms with Crippen molar-refractivity contribution in [2.75, 3.05) is 6.54 Å². The van der Waals surface area contributed by atoms with Crippen molar-refractivity contribution in [1.29, 1.82) is 0 Å². The van der Waals surface area contributed by atoms with Crippen LogP contribution < -0.4 is 10.6 Å². The van der Waals surface area contributed by atoms with E-state index in [0.717, 1.165) is 30.6 Å². The van der Waals surface area contributed by atoms with E-state index in [4.69, 9.17) is 0 Å². The zero-order chi connectivity index (χ0) is 12.4. The molecular weight excluding hydrogens is 228 g/mol. The first kappa shape index (κ1) is 11.1. The molecule has 0 aliphatic heterocycles. The third-order valence-electron chi connectivity index (χ3n) is 2.99. The highest BCUT2D eigenvalue weighted by molar-refractivity contribution is 5.74. The Morgan fingerprint density at radius 2 is 2.33 bits per heavy atom. The average Bonchev–Trinajstić information content (AvgIpc) is 3.07. The van der Waals surface area contributed by atoms with Crippen molar-refractivity contribution >= 4 is 11.7 Å². The molecule has 2 heterocycles. The molecule has 1 aliphatic carbocycles. The zero-order valence-corrected chi connectivity index (χ0v) is 10.1. The lowest BCUT2D eigenvalue weighted by Crippen LogP contribution is -2.37. The largest absolute Gasteiger partial charge is 0.338 e. The summed E-state index contributed by atoms with van der Waals surface area (Å²) in [6.07, 6.45) is 6.94. The van der Waals surface area contributed by atoms with Crippen LogP contribution in [0.4, 0.5) is 4.79 Å². The molecule has 2 amide bonds. The van der Waals surface area contributed by atoms with E-state index < -0.39 is 0 Å². The fraction of sp³-hybridized carbons (Fsp3) is 0.385. The Hall–Kier alpha value is -2.04. The minimum absolute atomic E-state index is 0.0683. The van der Waals surface area contributed by atoms with E-state index in [2.05, 4.69) is 15.6 Å². The lowest BCUT2D eigenvalue weighted by molar-refractivity contribution is 0.240. The number of hydrogen-bond donors (Lipinski definition) is 2. The van der Waals surface area contributed by atoms with Crippen molar-refractivity contribution in [2.45, 2.75) is 25.3 Å². The van der Waals surface area contributed by atoms with Crippen LogP contribution in [0.5, 0.6) is 0 Å². The summed E-state index contributed by atoms with van der Waals surface area (Å²) >= 11 is 0. The maximum absolute atomic E-state index is 11.4. The summed E-state index contributed by atoms with van der Waals surface area (Å²) in [6, 6.07) is 6.24. The molecule has 0 unspecified atom stereocenters. The first-order valence-electron chi connectivity index (χ1n) is 6.28. The van der Waals surface area contributed by atoms with Crippen molar-refractivity contribution in [3.05, 3.63) is 36.3 Å². The van der Waals surface area contributed by atoms with E-state index in [0.29, 0.717) is 12.6 Å². The molecule has 1 aliphatic rings. The zero-order valence-electron chi connectivity index (χ0n) is 10.1. The maximum atomic E-state index is 11.4. The molecule has 5 heteroatoms. The van der Waals surface area contributed by atoms with Gasteiger partial charge in [0.25, 0.3) is 0 Å². The summed E-state index contributed by atoms with van der Waals surface area (Å²) in [7, 11) is 0. The second-order valence-corrected chi connectivity index (χ2v) is 4.62. The third kappa shape index (κ3) is 2.61. The SMILES string of the molecule is O=C(NCCc1cn2ccccc2n1)NC1CC1. The molecule has 2 aromatic heterocycles. The van der Waals surface area contributed by atoms with E-state index in [-0.39, 0.29) is 6.03 Å². The Balaban J connectivity index is 1.51. The maximum Gasteiger partial charge on any atom is 0.315 e. The van der Waals surface area contributed by atoms with Crippen LogP contribution in [0.15, 0.2) is 30.6 Å². The Morgan fingerprint density at radius 1 is 1.44 bits per heavy atom. The second-order valence-electron chi connectivity index (χ2n) is 4.62. The van der Waals surface area contributed by atoms with Crippen LogP contribution in [0.3, 0.4) is 0 Å². The van der Waals surface area contributed by atoms with Gasteiger partial charge in [0.2, 0.25) is 0 Å². The number of nitrogens with zero attached hydrogens (tertiary/aromatic N) is 2. The number of nitrogens with one attached hydrogen (secondary N) is 2. The number of fused-ring (bicyclic) bond motifs is 1. The van der Waals surface area contributed by atoms with Crippen LogP contribution in [-0.2, 0) is 6.42 Å². The molecule has 18 heavy (non-hydrogen) atoms. The fourth-order valence-electron chi connectivity index (χ4n) is 1.88. The number of carbonyl (C=O) groups excluding carboxylic acids is 1. The van der Waals surface area contributed by atoms with E-state index in [1.807, 2.05) is 35.0 Å². The first-order chi connectivity index (χ1) is 8.81. The van der Waals surface area contributed by atoms with Crippen molar-refractivity contribution in [3.63, 3.8) is 0 Å². The molecule has 0 spiro atoms. The highest BCUT2D eigenvalue weighted by Crippen LogP contribution is 2.18. The first-order valence-corrected chi connectivity index (χ1v) is 6.28. The topological polar surface area (TPSA) is 58.4 Å². The molecule has 2 N–H and O–H groups in total. The van der Waals surface area contributed by atoms with Gasteiger partial charge in [0.05, 0.1) is 5.69 Å². The minimum Gasteiger partial charge on any atom is -0.338 e. The van der Waals surface area contributed by atoms with Gasteiger partial charge in [-0.15, -0.1) is 0 Å². The van der Waals surface area contributed by atoms with Crippen molar-refractivity contribution in [1.82, 2.24) is 20.0 Å². The van der Waals surface area contributed by atoms with Crippen LogP contribution in [0.2, 0.25) is 0 Å². The van der Waals surface area contributed by atoms with Gasteiger partial charge in [-0.1, -0.05) is 6.07 Å². The lowest BCUT2D eigenvalue weighted by atomic mass is 10.3. The fourth-order valence-corrected chi connectivity index (χ4v) is 1.88. The molecule has 0 aromatic carbocycles. The summed E-state index contributed by atoms with van der Waals surface area (Å²) in [5.41, 5.74) is 1.93. The number of urea groups is 1. The summed E-state index contributed by atoms with van der Waals surface area (Å²) in [4.78, 5) is 15.9. The summed E-state index contributed by atoms with van der Waals surface area (Å²) in [5.74, 6) is 0. The van der Waals surface area contributed by atoms with Crippen LogP contribution in [0, 0.1) is 0 Å². The van der Waals surface area contributed by atoms with Gasteiger partial charge in [0.15, 0.2) is 0 Å². The molecule has 5 nitrogen and oxygen atoms in total. The van der Waals surface area contributed by atoms with Gasteiger partial charge < -0.3 is 15.0 Å². The molecule has 1 saturated carbocycles. The Bertz CT molecular complexity index is 526. The van der Waals surface area contributed by atoms with E-state index in [1.54, 1.807) is 0 Å². The van der Waals surface area contributed by atoms with Crippen molar-refractivity contribution < 1.29 is 4.79 Å². The Kier molecular flexibility index (Phi) is 2.88. The quantitative estimate of drug-likeness (QED) is 0.852. The number of pyridine rings is 1. The molecular formula is C13H16N4O. The van der Waals surface area contributed by atoms with Crippen LogP contribution >= 0.6 is 0 Å². The van der Waals surface area contributed by atoms with Gasteiger partial charge in [0, 0.05) is 31.4 Å². The monoisotopic (exact) mass is 244 g/mol. The van der Waals surface area contributed by atoms with Crippen LogP contribution in [0.25, 0.3) is 5.65 Å². The molecule has 1 fully saturated rings. The average molecular weight is 244 g/mol. The van der Waals surface area contributed by atoms with E-state index in [9.17, 15) is 4.79 Å². The number of hydrogen-bond acceptors (Lipinski definition) is 2. The smallest absolute Gasteiger partial charge is 0.315 e. The predicted molar refractivity (Wildman–Crippen MR) is 68.5 cm³/mol. The molecule has 3 rings (SSSR count). The normalized spacial score (nSPS) is 14.7. The minimum atomic E-state index is -0.0683. The molecule has 0 bridgehead atoms. The number of amides is 2. The van der Waals surface area contributed by atoms with Crippen molar-refractivity contribution in [3.8, 4) is 0 Å². The van der Waals surface area contributed by atoms with Gasteiger partial charge >= 0.3 is 6.03 Å². The summed E-state index contributed by atoms with van der Waals surface area (Å²) in [5, 5.41) is 5.74. The Morgan fingerprint density at radius 3 is 3.11 bits per heavy atom. The third-order valence-corrected chi connectivity index (χ3v) is 2.99. The summed E-state index contributed by atoms with van der Waals surface area (Å²) in [6.45, 7) is 0.614. The van der Waals surface area contributed by atoms with Gasteiger partial charge in [0.1, 0.15) is 5.65 Å². The van der Waals surface area contributed by atoms with Crippen molar-refractivity contribution in [2.24, 2.45) is 0 Å². The molecule has 0 atom stereocenters. The summed E-state index contributed by atoms with van der Waals surface area (Å²) < 4.78 is 1.99. The van der Waals surface area contributed by atoms with E-state index >= 15 is 0 Å². The second kappa shape index (κ2) is 4.68. The highest BCUT2D eigenvalue weighted by atomic mass is 16.2. The number of imidazole rings is 1. The Labute approximate surface area is 105 Å². The number of carbonyl (C=O) groups is 1. The highest BCUT2D eigenvalue weighted by Gasteiger charge is 2.22. The predicted octanol–water partition coefficient (Wildman–Crippen LogP) is 1.34. The van der Waals surface area contributed by atoms with Gasteiger partial charge in [-0.2, -0.15) is 0 Å².